The molecule has 0 amide bonds. The van der Waals surface area contributed by atoms with Crippen LogP contribution in [-0.4, -0.2) is 10.4 Å². The van der Waals surface area contributed by atoms with Crippen LogP contribution in [0.1, 0.15) is 31.7 Å². The second-order valence-electron chi connectivity index (χ2n) is 3.69. The summed E-state index contributed by atoms with van der Waals surface area (Å²) < 4.78 is 1.66. The first-order valence-corrected chi connectivity index (χ1v) is 5.33. The number of pyridine rings is 1. The highest BCUT2D eigenvalue weighted by Crippen LogP contribution is 1.98. The first-order chi connectivity index (χ1) is 7.15. The number of rotatable bonds is 5. The van der Waals surface area contributed by atoms with Crippen LogP contribution in [0.25, 0.3) is 0 Å². The number of carbonyl (C=O) groups is 1. The molecule has 0 N–H and O–H groups in total. The highest BCUT2D eigenvalue weighted by atomic mass is 16.1. The van der Waals surface area contributed by atoms with Crippen LogP contribution < -0.4 is 5.56 Å². The quantitative estimate of drug-likeness (QED) is 0.740. The fraction of sp³-hybridized carbons (Fsp3) is 0.500. The summed E-state index contributed by atoms with van der Waals surface area (Å²) in [6.45, 7) is 4.30. The molecule has 0 fully saturated rings. The van der Waals surface area contributed by atoms with E-state index in [-0.39, 0.29) is 11.3 Å². The van der Waals surface area contributed by atoms with Crippen LogP contribution in [0.15, 0.2) is 23.1 Å². The first kappa shape index (κ1) is 11.7. The Morgan fingerprint density at radius 3 is 2.87 bits per heavy atom. The molecule has 0 aliphatic rings. The van der Waals surface area contributed by atoms with Crippen molar-refractivity contribution in [1.82, 2.24) is 4.57 Å². The Morgan fingerprint density at radius 2 is 2.20 bits per heavy atom. The van der Waals surface area contributed by atoms with Crippen molar-refractivity contribution in [2.75, 3.05) is 0 Å². The molecule has 82 valence electrons. The zero-order chi connectivity index (χ0) is 11.3. The number of aromatic nitrogens is 1. The molecule has 0 unspecified atom stereocenters. The Morgan fingerprint density at radius 1 is 1.47 bits per heavy atom. The van der Waals surface area contributed by atoms with Gasteiger partial charge in [-0.15, -0.1) is 0 Å². The lowest BCUT2D eigenvalue weighted by atomic mass is 10.2. The monoisotopic (exact) mass is 207 g/mol. The largest absolute Gasteiger partial charge is 0.315 e. The molecule has 0 bridgehead atoms. The molecule has 1 aromatic rings. The number of nitrogens with zero attached hydrogens (tertiary/aromatic N) is 1. The summed E-state index contributed by atoms with van der Waals surface area (Å²) >= 11 is 0. The van der Waals surface area contributed by atoms with Gasteiger partial charge in [0.05, 0.1) is 0 Å². The van der Waals surface area contributed by atoms with E-state index in [2.05, 4.69) is 0 Å². The number of hydrogen-bond donors (Lipinski definition) is 0. The molecule has 0 saturated carbocycles. The molecule has 1 rings (SSSR count). The van der Waals surface area contributed by atoms with Crippen molar-refractivity contribution in [1.29, 1.82) is 0 Å². The maximum Gasteiger partial charge on any atom is 0.253 e. The molecule has 3 nitrogen and oxygen atoms in total. The molecule has 0 aromatic carbocycles. The third-order valence-electron chi connectivity index (χ3n) is 2.46. The van der Waals surface area contributed by atoms with Crippen molar-refractivity contribution < 1.29 is 4.79 Å². The van der Waals surface area contributed by atoms with Crippen LogP contribution >= 0.6 is 0 Å². The molecular formula is C12H17NO2. The van der Waals surface area contributed by atoms with Crippen molar-refractivity contribution >= 4 is 5.78 Å². The molecular weight excluding hydrogens is 190 g/mol. The Kier molecular flexibility index (Phi) is 4.28. The van der Waals surface area contributed by atoms with Crippen LogP contribution in [0.3, 0.4) is 0 Å². The van der Waals surface area contributed by atoms with Gasteiger partial charge in [0.1, 0.15) is 5.78 Å². The standard InChI is InChI=1S/C12H17NO2/c1-3-11(14)7-5-9-13-8-4-6-10(2)12(13)15/h4,6,8H,3,5,7,9H2,1-2H3. The van der Waals surface area contributed by atoms with E-state index in [1.807, 2.05) is 13.0 Å². The van der Waals surface area contributed by atoms with E-state index in [0.717, 1.165) is 12.0 Å². The summed E-state index contributed by atoms with van der Waals surface area (Å²) in [5.41, 5.74) is 0.792. The zero-order valence-corrected chi connectivity index (χ0v) is 9.32. The van der Waals surface area contributed by atoms with Crippen molar-refractivity contribution in [2.45, 2.75) is 39.7 Å². The van der Waals surface area contributed by atoms with Gasteiger partial charge in [0.25, 0.3) is 5.56 Å². The van der Waals surface area contributed by atoms with Gasteiger partial charge in [0.2, 0.25) is 0 Å². The van der Waals surface area contributed by atoms with E-state index in [9.17, 15) is 9.59 Å². The molecule has 1 aromatic heterocycles. The van der Waals surface area contributed by atoms with E-state index < -0.39 is 0 Å². The lowest BCUT2D eigenvalue weighted by molar-refractivity contribution is -0.118. The van der Waals surface area contributed by atoms with Crippen molar-refractivity contribution in [3.8, 4) is 0 Å². The van der Waals surface area contributed by atoms with Gasteiger partial charge in [0, 0.05) is 31.1 Å². The summed E-state index contributed by atoms with van der Waals surface area (Å²) in [5.74, 6) is 0.260. The number of Topliss-reactive ketones (excluding diaryl/α,β-unsaturated/α-hetero) is 1. The summed E-state index contributed by atoms with van der Waals surface area (Å²) in [5, 5.41) is 0. The van der Waals surface area contributed by atoms with Crippen LogP contribution in [0.4, 0.5) is 0 Å². The minimum atomic E-state index is 0.0430. The number of ketones is 1. The van der Waals surface area contributed by atoms with Crippen LogP contribution in [0.5, 0.6) is 0 Å². The maximum absolute atomic E-state index is 11.6. The van der Waals surface area contributed by atoms with Crippen LogP contribution in [0, 0.1) is 6.92 Å². The summed E-state index contributed by atoms with van der Waals surface area (Å²) in [7, 11) is 0. The molecule has 0 radical (unpaired) electrons. The topological polar surface area (TPSA) is 39.1 Å². The summed E-state index contributed by atoms with van der Waals surface area (Å²) in [6, 6.07) is 3.66. The maximum atomic E-state index is 11.6. The predicted molar refractivity (Wildman–Crippen MR) is 60.0 cm³/mol. The average molecular weight is 207 g/mol. The van der Waals surface area contributed by atoms with Gasteiger partial charge in [-0.05, 0) is 19.4 Å². The minimum absolute atomic E-state index is 0.0430. The number of hydrogen-bond acceptors (Lipinski definition) is 2. The molecule has 0 aliphatic carbocycles. The van der Waals surface area contributed by atoms with E-state index in [4.69, 9.17) is 0 Å². The van der Waals surface area contributed by atoms with E-state index in [1.165, 1.54) is 0 Å². The van der Waals surface area contributed by atoms with Crippen molar-refractivity contribution in [3.05, 3.63) is 34.2 Å². The lowest BCUT2D eigenvalue weighted by Crippen LogP contribution is -2.21. The third kappa shape index (κ3) is 3.35. The van der Waals surface area contributed by atoms with Gasteiger partial charge >= 0.3 is 0 Å². The fourth-order valence-electron chi connectivity index (χ4n) is 1.46. The lowest BCUT2D eigenvalue weighted by Gasteiger charge is -2.05. The Bertz CT molecular complexity index is 393. The second-order valence-corrected chi connectivity index (χ2v) is 3.69. The minimum Gasteiger partial charge on any atom is -0.315 e. The average Bonchev–Trinajstić information content (AvgIpc) is 2.24. The predicted octanol–water partition coefficient (Wildman–Crippen LogP) is 1.92. The van der Waals surface area contributed by atoms with Crippen LogP contribution in [0.2, 0.25) is 0 Å². The van der Waals surface area contributed by atoms with Gasteiger partial charge in [-0.2, -0.15) is 0 Å². The molecule has 1 heterocycles. The Hall–Kier alpha value is -1.38. The summed E-state index contributed by atoms with van der Waals surface area (Å²) in [4.78, 5) is 22.7. The van der Waals surface area contributed by atoms with Gasteiger partial charge in [-0.1, -0.05) is 13.0 Å². The van der Waals surface area contributed by atoms with E-state index >= 15 is 0 Å². The van der Waals surface area contributed by atoms with Crippen molar-refractivity contribution in [3.63, 3.8) is 0 Å². The molecule has 0 spiro atoms. The van der Waals surface area contributed by atoms with Crippen LogP contribution in [-0.2, 0) is 11.3 Å². The fourth-order valence-corrected chi connectivity index (χ4v) is 1.46. The smallest absolute Gasteiger partial charge is 0.253 e. The Labute approximate surface area is 89.7 Å². The van der Waals surface area contributed by atoms with Gasteiger partial charge in [-0.3, -0.25) is 9.59 Å². The molecule has 0 saturated heterocycles. The van der Waals surface area contributed by atoms with Gasteiger partial charge in [-0.25, -0.2) is 0 Å². The molecule has 3 heteroatoms. The second kappa shape index (κ2) is 5.49. The normalized spacial score (nSPS) is 10.3. The molecule has 0 aliphatic heterocycles. The number of aryl methyl sites for hydroxylation is 2. The van der Waals surface area contributed by atoms with Gasteiger partial charge < -0.3 is 4.57 Å². The Balaban J connectivity index is 2.55. The molecule has 15 heavy (non-hydrogen) atoms. The summed E-state index contributed by atoms with van der Waals surface area (Å²) in [6.07, 6.45) is 3.67. The SMILES string of the molecule is CCC(=O)CCCn1cccc(C)c1=O. The number of carbonyl (C=O) groups excluding carboxylic acids is 1. The van der Waals surface area contributed by atoms with Gasteiger partial charge in [0.15, 0.2) is 0 Å². The zero-order valence-electron chi connectivity index (χ0n) is 9.32. The van der Waals surface area contributed by atoms with E-state index in [1.54, 1.807) is 23.8 Å². The third-order valence-corrected chi connectivity index (χ3v) is 2.46. The van der Waals surface area contributed by atoms with Crippen molar-refractivity contribution in [2.24, 2.45) is 0 Å². The molecule has 0 atom stereocenters. The van der Waals surface area contributed by atoms with E-state index in [0.29, 0.717) is 19.4 Å². The highest BCUT2D eigenvalue weighted by molar-refractivity contribution is 5.77. The highest BCUT2D eigenvalue weighted by Gasteiger charge is 2.00. The first-order valence-electron chi connectivity index (χ1n) is 5.33.